The summed E-state index contributed by atoms with van der Waals surface area (Å²) < 4.78 is 5.51. The third-order valence-corrected chi connectivity index (χ3v) is 5.45. The van der Waals surface area contributed by atoms with E-state index in [0.717, 1.165) is 5.56 Å². The third kappa shape index (κ3) is 3.53. The van der Waals surface area contributed by atoms with Crippen molar-refractivity contribution >= 4 is 5.97 Å². The standard InChI is InChI=1S/C22H26O2/c1-3-22(15-5-4-6-16-22)19-11-13-20(14-12-19)24-21(23)18-9-7-17(2)8-10-18/h7-14H,3-6,15-16H2,1-2H3. The first-order valence-corrected chi connectivity index (χ1v) is 9.02. The van der Waals surface area contributed by atoms with Crippen molar-refractivity contribution in [3.63, 3.8) is 0 Å². The van der Waals surface area contributed by atoms with Crippen LogP contribution in [0.2, 0.25) is 0 Å². The Hall–Kier alpha value is -2.09. The lowest BCUT2D eigenvalue weighted by molar-refractivity contribution is 0.0734. The number of carbonyl (C=O) groups is 1. The van der Waals surface area contributed by atoms with Crippen LogP contribution in [0.1, 0.15) is 66.9 Å². The Bertz CT molecular complexity index is 677. The smallest absolute Gasteiger partial charge is 0.343 e. The van der Waals surface area contributed by atoms with Crippen molar-refractivity contribution in [3.8, 4) is 5.75 Å². The lowest BCUT2D eigenvalue weighted by atomic mass is 9.68. The highest BCUT2D eigenvalue weighted by Crippen LogP contribution is 2.42. The maximum atomic E-state index is 12.2. The van der Waals surface area contributed by atoms with Gasteiger partial charge in [0.25, 0.3) is 0 Å². The van der Waals surface area contributed by atoms with E-state index in [1.54, 1.807) is 12.1 Å². The molecule has 0 aromatic heterocycles. The summed E-state index contributed by atoms with van der Waals surface area (Å²) in [6.45, 7) is 4.29. The molecular weight excluding hydrogens is 296 g/mol. The maximum Gasteiger partial charge on any atom is 0.343 e. The summed E-state index contributed by atoms with van der Waals surface area (Å²) in [6, 6.07) is 15.6. The summed E-state index contributed by atoms with van der Waals surface area (Å²) >= 11 is 0. The molecule has 126 valence electrons. The second-order valence-corrected chi connectivity index (χ2v) is 6.97. The fourth-order valence-electron chi connectivity index (χ4n) is 3.81. The average molecular weight is 322 g/mol. The van der Waals surface area contributed by atoms with Crippen molar-refractivity contribution < 1.29 is 9.53 Å². The summed E-state index contributed by atoms with van der Waals surface area (Å²) in [5, 5.41) is 0. The lowest BCUT2D eigenvalue weighted by Crippen LogP contribution is -2.28. The monoisotopic (exact) mass is 322 g/mol. The normalized spacial score (nSPS) is 16.6. The fraction of sp³-hybridized carbons (Fsp3) is 0.409. The molecule has 0 bridgehead atoms. The summed E-state index contributed by atoms with van der Waals surface area (Å²) in [6.07, 6.45) is 7.71. The van der Waals surface area contributed by atoms with Crippen molar-refractivity contribution in [1.82, 2.24) is 0 Å². The molecule has 0 heterocycles. The van der Waals surface area contributed by atoms with Crippen LogP contribution >= 0.6 is 0 Å². The molecule has 3 rings (SSSR count). The Balaban J connectivity index is 1.72. The molecule has 2 heteroatoms. The van der Waals surface area contributed by atoms with E-state index in [0.29, 0.717) is 16.7 Å². The minimum atomic E-state index is -0.300. The zero-order valence-electron chi connectivity index (χ0n) is 14.7. The summed E-state index contributed by atoms with van der Waals surface area (Å²) in [7, 11) is 0. The fourth-order valence-corrected chi connectivity index (χ4v) is 3.81. The topological polar surface area (TPSA) is 26.3 Å². The van der Waals surface area contributed by atoms with Crippen LogP contribution in [0, 0.1) is 6.92 Å². The summed E-state index contributed by atoms with van der Waals surface area (Å²) in [5.41, 5.74) is 3.42. The molecule has 0 unspecified atom stereocenters. The van der Waals surface area contributed by atoms with E-state index in [1.807, 2.05) is 31.2 Å². The molecule has 0 spiro atoms. The molecule has 2 aromatic rings. The van der Waals surface area contributed by atoms with Gasteiger partial charge in [-0.2, -0.15) is 0 Å². The van der Waals surface area contributed by atoms with Crippen molar-refractivity contribution in [3.05, 3.63) is 65.2 Å². The minimum Gasteiger partial charge on any atom is -0.423 e. The van der Waals surface area contributed by atoms with E-state index in [-0.39, 0.29) is 5.97 Å². The van der Waals surface area contributed by atoms with E-state index in [4.69, 9.17) is 4.74 Å². The number of esters is 1. The Morgan fingerprint density at radius 2 is 1.58 bits per heavy atom. The second kappa shape index (κ2) is 7.21. The SMILES string of the molecule is CCC1(c2ccc(OC(=O)c3ccc(C)cc3)cc2)CCCCC1. The number of carbonyl (C=O) groups excluding carboxylic acids is 1. The van der Waals surface area contributed by atoms with Gasteiger partial charge in [-0.05, 0) is 61.4 Å². The first kappa shape index (κ1) is 16.8. The zero-order valence-corrected chi connectivity index (χ0v) is 14.7. The molecule has 24 heavy (non-hydrogen) atoms. The number of aryl methyl sites for hydroxylation is 1. The highest BCUT2D eigenvalue weighted by Gasteiger charge is 2.31. The van der Waals surface area contributed by atoms with Gasteiger partial charge in [0.2, 0.25) is 0 Å². The number of ether oxygens (including phenoxy) is 1. The molecule has 1 fully saturated rings. The van der Waals surface area contributed by atoms with E-state index >= 15 is 0 Å². The Labute approximate surface area is 144 Å². The van der Waals surface area contributed by atoms with Crippen LogP contribution in [0.15, 0.2) is 48.5 Å². The quantitative estimate of drug-likeness (QED) is 0.523. The van der Waals surface area contributed by atoms with E-state index in [2.05, 4.69) is 19.1 Å². The van der Waals surface area contributed by atoms with Crippen LogP contribution in [0.25, 0.3) is 0 Å². The van der Waals surface area contributed by atoms with Crippen LogP contribution < -0.4 is 4.74 Å². The van der Waals surface area contributed by atoms with Gasteiger partial charge in [-0.1, -0.05) is 56.0 Å². The van der Waals surface area contributed by atoms with Crippen molar-refractivity contribution in [2.75, 3.05) is 0 Å². The molecular formula is C22H26O2. The Kier molecular flexibility index (Phi) is 5.03. The molecule has 0 aliphatic heterocycles. The molecule has 0 atom stereocenters. The molecule has 0 radical (unpaired) electrons. The van der Waals surface area contributed by atoms with Crippen LogP contribution in [-0.2, 0) is 5.41 Å². The van der Waals surface area contributed by atoms with Crippen LogP contribution in [0.5, 0.6) is 5.75 Å². The van der Waals surface area contributed by atoms with Gasteiger partial charge in [-0.25, -0.2) is 4.79 Å². The molecule has 2 nitrogen and oxygen atoms in total. The largest absolute Gasteiger partial charge is 0.423 e. The molecule has 1 aliphatic rings. The number of benzene rings is 2. The number of hydrogen-bond donors (Lipinski definition) is 0. The molecule has 0 saturated heterocycles. The van der Waals surface area contributed by atoms with E-state index < -0.39 is 0 Å². The lowest BCUT2D eigenvalue weighted by Gasteiger charge is -2.37. The van der Waals surface area contributed by atoms with Gasteiger partial charge in [-0.3, -0.25) is 0 Å². The van der Waals surface area contributed by atoms with E-state index in [9.17, 15) is 4.79 Å². The highest BCUT2D eigenvalue weighted by molar-refractivity contribution is 5.91. The van der Waals surface area contributed by atoms with Gasteiger partial charge < -0.3 is 4.74 Å². The third-order valence-electron chi connectivity index (χ3n) is 5.45. The van der Waals surface area contributed by atoms with Gasteiger partial charge in [0.05, 0.1) is 5.56 Å². The second-order valence-electron chi connectivity index (χ2n) is 6.97. The summed E-state index contributed by atoms with van der Waals surface area (Å²) in [4.78, 5) is 12.2. The number of rotatable bonds is 4. The van der Waals surface area contributed by atoms with Crippen molar-refractivity contribution in [2.45, 2.75) is 57.8 Å². The van der Waals surface area contributed by atoms with Crippen LogP contribution in [-0.4, -0.2) is 5.97 Å². The van der Waals surface area contributed by atoms with Gasteiger partial charge in [-0.15, -0.1) is 0 Å². The van der Waals surface area contributed by atoms with Gasteiger partial charge in [0.1, 0.15) is 5.75 Å². The average Bonchev–Trinajstić information content (AvgIpc) is 2.63. The molecule has 1 aliphatic carbocycles. The predicted molar refractivity (Wildman–Crippen MR) is 97.6 cm³/mol. The van der Waals surface area contributed by atoms with Gasteiger partial charge in [0.15, 0.2) is 0 Å². The Morgan fingerprint density at radius 1 is 0.958 bits per heavy atom. The van der Waals surface area contributed by atoms with E-state index in [1.165, 1.54) is 44.1 Å². The maximum absolute atomic E-state index is 12.2. The van der Waals surface area contributed by atoms with Crippen LogP contribution in [0.4, 0.5) is 0 Å². The first-order chi connectivity index (χ1) is 11.6. The molecule has 1 saturated carbocycles. The van der Waals surface area contributed by atoms with Crippen molar-refractivity contribution in [1.29, 1.82) is 0 Å². The first-order valence-electron chi connectivity index (χ1n) is 9.02. The Morgan fingerprint density at radius 3 is 2.17 bits per heavy atom. The van der Waals surface area contributed by atoms with Gasteiger partial charge >= 0.3 is 5.97 Å². The summed E-state index contributed by atoms with van der Waals surface area (Å²) in [5.74, 6) is 0.317. The van der Waals surface area contributed by atoms with Gasteiger partial charge in [0, 0.05) is 0 Å². The minimum absolute atomic E-state index is 0.300. The number of hydrogen-bond acceptors (Lipinski definition) is 2. The van der Waals surface area contributed by atoms with Crippen LogP contribution in [0.3, 0.4) is 0 Å². The molecule has 2 aromatic carbocycles. The predicted octanol–water partition coefficient (Wildman–Crippen LogP) is 5.83. The molecule has 0 N–H and O–H groups in total. The van der Waals surface area contributed by atoms with Crippen molar-refractivity contribution in [2.24, 2.45) is 0 Å². The zero-order chi connectivity index (χ0) is 17.0. The highest BCUT2D eigenvalue weighted by atomic mass is 16.5. The molecule has 0 amide bonds.